The van der Waals surface area contributed by atoms with Crippen molar-refractivity contribution in [2.45, 2.75) is 11.0 Å². The van der Waals surface area contributed by atoms with Crippen LogP contribution >= 0.6 is 23.1 Å². The molecule has 0 N–H and O–H groups in total. The standard InChI is InChI=1S/C20H18N2O2S2/c1-21-18(23)16-14-10-6-7-11-15(25-12-13-8-4-3-5-9-13)17(14)26-19(16)22(2)20(21)24/h3-11,15H,12H2,1-2H3. The monoisotopic (exact) mass is 382 g/mol. The molecule has 1 aromatic carbocycles. The van der Waals surface area contributed by atoms with Crippen LogP contribution in [0.4, 0.5) is 0 Å². The number of fused-ring (bicyclic) bond motifs is 3. The van der Waals surface area contributed by atoms with E-state index in [0.29, 0.717) is 5.39 Å². The zero-order valence-electron chi connectivity index (χ0n) is 14.5. The maximum atomic E-state index is 12.7. The highest BCUT2D eigenvalue weighted by Gasteiger charge is 2.23. The fourth-order valence-electron chi connectivity index (χ4n) is 3.13. The Morgan fingerprint density at radius 2 is 1.85 bits per heavy atom. The van der Waals surface area contributed by atoms with E-state index in [-0.39, 0.29) is 16.5 Å². The zero-order chi connectivity index (χ0) is 18.3. The lowest BCUT2D eigenvalue weighted by Gasteiger charge is -2.11. The molecule has 4 rings (SSSR count). The number of allylic oxidation sites excluding steroid dienone is 2. The van der Waals surface area contributed by atoms with Gasteiger partial charge in [-0.05, 0) is 5.56 Å². The van der Waals surface area contributed by atoms with Crippen molar-refractivity contribution in [3.8, 4) is 0 Å². The maximum Gasteiger partial charge on any atom is 0.331 e. The molecule has 4 nitrogen and oxygen atoms in total. The Labute approximate surface area is 159 Å². The smallest absolute Gasteiger partial charge is 0.287 e. The van der Waals surface area contributed by atoms with Gasteiger partial charge in [-0.15, -0.1) is 23.1 Å². The second-order valence-corrected chi connectivity index (χ2v) is 8.39. The molecule has 3 aromatic rings. The van der Waals surface area contributed by atoms with Crippen LogP contribution in [0.15, 0.2) is 58.1 Å². The van der Waals surface area contributed by atoms with Crippen molar-refractivity contribution in [2.24, 2.45) is 14.1 Å². The molecule has 0 amide bonds. The first kappa shape index (κ1) is 17.1. The van der Waals surface area contributed by atoms with Crippen molar-refractivity contribution < 1.29 is 0 Å². The van der Waals surface area contributed by atoms with Gasteiger partial charge in [0.05, 0.1) is 10.6 Å². The SMILES string of the molecule is Cn1c(=O)c2c3c(sc2n(C)c1=O)C(SCc1ccccc1)C=CC=C3. The summed E-state index contributed by atoms with van der Waals surface area (Å²) in [7, 11) is 3.26. The molecular weight excluding hydrogens is 364 g/mol. The molecule has 0 spiro atoms. The van der Waals surface area contributed by atoms with Gasteiger partial charge in [-0.1, -0.05) is 54.6 Å². The van der Waals surface area contributed by atoms with Gasteiger partial charge < -0.3 is 0 Å². The zero-order valence-corrected chi connectivity index (χ0v) is 16.1. The number of thioether (sulfide) groups is 1. The van der Waals surface area contributed by atoms with Crippen LogP contribution in [-0.2, 0) is 19.8 Å². The molecule has 6 heteroatoms. The van der Waals surface area contributed by atoms with Gasteiger partial charge in [0.25, 0.3) is 5.56 Å². The van der Waals surface area contributed by atoms with E-state index >= 15 is 0 Å². The molecule has 1 unspecified atom stereocenters. The molecule has 132 valence electrons. The Balaban J connectivity index is 1.83. The van der Waals surface area contributed by atoms with Gasteiger partial charge in [-0.25, -0.2) is 4.79 Å². The summed E-state index contributed by atoms with van der Waals surface area (Å²) >= 11 is 3.38. The lowest BCUT2D eigenvalue weighted by atomic mass is 10.1. The Morgan fingerprint density at radius 3 is 2.62 bits per heavy atom. The summed E-state index contributed by atoms with van der Waals surface area (Å²) in [5, 5.41) is 0.789. The molecular formula is C20H18N2O2S2. The number of hydrogen-bond donors (Lipinski definition) is 0. The van der Waals surface area contributed by atoms with Crippen LogP contribution in [0.5, 0.6) is 0 Å². The van der Waals surface area contributed by atoms with Gasteiger partial charge in [0.15, 0.2) is 0 Å². The van der Waals surface area contributed by atoms with Crippen LogP contribution in [0.2, 0.25) is 0 Å². The fourth-order valence-corrected chi connectivity index (χ4v) is 5.72. The molecule has 0 saturated heterocycles. The average Bonchev–Trinajstić information content (AvgIpc) is 2.93. The van der Waals surface area contributed by atoms with Crippen LogP contribution in [-0.4, -0.2) is 9.13 Å². The summed E-state index contributed by atoms with van der Waals surface area (Å²) in [4.78, 5) is 26.9. The van der Waals surface area contributed by atoms with E-state index in [1.807, 2.05) is 48.2 Å². The normalized spacial score (nSPS) is 16.0. The number of aromatic nitrogens is 2. The fraction of sp³-hybridized carbons (Fsp3) is 0.200. The summed E-state index contributed by atoms with van der Waals surface area (Å²) < 4.78 is 2.76. The summed E-state index contributed by atoms with van der Waals surface area (Å²) in [6, 6.07) is 10.4. The molecule has 26 heavy (non-hydrogen) atoms. The summed E-state index contributed by atoms with van der Waals surface area (Å²) in [6.07, 6.45) is 8.15. The van der Waals surface area contributed by atoms with Gasteiger partial charge in [-0.3, -0.25) is 13.9 Å². The second kappa shape index (κ2) is 6.78. The minimum Gasteiger partial charge on any atom is -0.287 e. The molecule has 1 atom stereocenters. The number of thiophene rings is 1. The van der Waals surface area contributed by atoms with Crippen LogP contribution in [0.1, 0.15) is 21.3 Å². The van der Waals surface area contributed by atoms with Crippen LogP contribution in [0.25, 0.3) is 16.3 Å². The van der Waals surface area contributed by atoms with E-state index in [9.17, 15) is 9.59 Å². The minimum atomic E-state index is -0.285. The van der Waals surface area contributed by atoms with E-state index < -0.39 is 0 Å². The quantitative estimate of drug-likeness (QED) is 0.691. The number of nitrogens with zero attached hydrogens (tertiary/aromatic N) is 2. The topological polar surface area (TPSA) is 44.0 Å². The van der Waals surface area contributed by atoms with Crippen molar-refractivity contribution in [3.05, 3.63) is 85.4 Å². The molecule has 0 saturated carbocycles. The first-order valence-electron chi connectivity index (χ1n) is 8.30. The highest BCUT2D eigenvalue weighted by Crippen LogP contribution is 2.43. The van der Waals surface area contributed by atoms with Crippen molar-refractivity contribution in [1.82, 2.24) is 9.13 Å². The Morgan fingerprint density at radius 1 is 1.08 bits per heavy atom. The van der Waals surface area contributed by atoms with E-state index in [0.717, 1.165) is 21.0 Å². The van der Waals surface area contributed by atoms with Gasteiger partial charge in [0.1, 0.15) is 4.83 Å². The third-order valence-electron chi connectivity index (χ3n) is 4.54. The molecule has 2 heterocycles. The number of aryl methyl sites for hydroxylation is 1. The number of hydrogen-bond acceptors (Lipinski definition) is 4. The van der Waals surface area contributed by atoms with Crippen molar-refractivity contribution in [1.29, 1.82) is 0 Å². The van der Waals surface area contributed by atoms with Crippen LogP contribution in [0.3, 0.4) is 0 Å². The maximum absolute atomic E-state index is 12.7. The summed E-state index contributed by atoms with van der Waals surface area (Å²) in [5.74, 6) is 0.889. The lowest BCUT2D eigenvalue weighted by Crippen LogP contribution is -2.36. The minimum absolute atomic E-state index is 0.150. The molecule has 0 aliphatic heterocycles. The Kier molecular flexibility index (Phi) is 4.46. The molecule has 0 bridgehead atoms. The van der Waals surface area contributed by atoms with Crippen LogP contribution in [0, 0.1) is 0 Å². The third kappa shape index (κ3) is 2.79. The molecule has 1 aliphatic carbocycles. The van der Waals surface area contributed by atoms with Crippen molar-refractivity contribution in [2.75, 3.05) is 0 Å². The molecule has 0 fully saturated rings. The van der Waals surface area contributed by atoms with Gasteiger partial charge in [0.2, 0.25) is 0 Å². The first-order chi connectivity index (χ1) is 12.6. The third-order valence-corrected chi connectivity index (χ3v) is 7.31. The average molecular weight is 383 g/mol. The largest absolute Gasteiger partial charge is 0.331 e. The highest BCUT2D eigenvalue weighted by molar-refractivity contribution is 7.99. The first-order valence-corrected chi connectivity index (χ1v) is 10.2. The van der Waals surface area contributed by atoms with Crippen molar-refractivity contribution >= 4 is 39.4 Å². The van der Waals surface area contributed by atoms with E-state index in [1.54, 1.807) is 23.0 Å². The van der Waals surface area contributed by atoms with E-state index in [2.05, 4.69) is 18.2 Å². The van der Waals surface area contributed by atoms with Gasteiger partial charge in [-0.2, -0.15) is 0 Å². The second-order valence-electron chi connectivity index (χ2n) is 6.23. The number of rotatable bonds is 3. The molecule has 1 aliphatic rings. The van der Waals surface area contributed by atoms with Crippen LogP contribution < -0.4 is 11.2 Å². The highest BCUT2D eigenvalue weighted by atomic mass is 32.2. The summed E-state index contributed by atoms with van der Waals surface area (Å²) in [6.45, 7) is 0. The van der Waals surface area contributed by atoms with E-state index in [1.165, 1.54) is 17.2 Å². The predicted octanol–water partition coefficient (Wildman–Crippen LogP) is 3.86. The van der Waals surface area contributed by atoms with Gasteiger partial charge >= 0.3 is 5.69 Å². The van der Waals surface area contributed by atoms with E-state index in [4.69, 9.17) is 0 Å². The predicted molar refractivity (Wildman–Crippen MR) is 111 cm³/mol. The van der Waals surface area contributed by atoms with Gasteiger partial charge in [0, 0.05) is 30.3 Å². The molecule has 2 aromatic heterocycles. The molecule has 0 radical (unpaired) electrons. The number of benzene rings is 1. The Hall–Kier alpha value is -2.31. The lowest BCUT2D eigenvalue weighted by molar-refractivity contribution is 0.717. The Bertz CT molecular complexity index is 1150. The van der Waals surface area contributed by atoms with Crippen molar-refractivity contribution in [3.63, 3.8) is 0 Å². The summed E-state index contributed by atoms with van der Waals surface area (Å²) in [5.41, 5.74) is 1.71.